The minimum Gasteiger partial charge on any atom is -0.471 e. The number of carbonyl (C=O) groups excluding carboxylic acids is 2. The summed E-state index contributed by atoms with van der Waals surface area (Å²) in [5, 5.41) is 0.315. The van der Waals surface area contributed by atoms with Crippen LogP contribution >= 0.6 is 11.6 Å². The number of rotatable bonds is 3. The van der Waals surface area contributed by atoms with Crippen molar-refractivity contribution in [3.8, 4) is 5.88 Å². The van der Waals surface area contributed by atoms with E-state index in [0.29, 0.717) is 55.9 Å². The van der Waals surface area contributed by atoms with Gasteiger partial charge in [-0.1, -0.05) is 11.6 Å². The van der Waals surface area contributed by atoms with E-state index in [0.717, 1.165) is 6.42 Å². The first-order chi connectivity index (χ1) is 11.5. The van der Waals surface area contributed by atoms with Gasteiger partial charge in [-0.3, -0.25) is 9.59 Å². The summed E-state index contributed by atoms with van der Waals surface area (Å²) in [5.74, 6) is 0.220. The number of amides is 2. The lowest BCUT2D eigenvalue weighted by atomic mass is 10.2. The van der Waals surface area contributed by atoms with Crippen LogP contribution in [0.15, 0.2) is 12.3 Å². The Labute approximate surface area is 145 Å². The van der Waals surface area contributed by atoms with Gasteiger partial charge in [-0.2, -0.15) is 0 Å². The van der Waals surface area contributed by atoms with Crippen LogP contribution in [0.5, 0.6) is 5.88 Å². The maximum atomic E-state index is 12.5. The van der Waals surface area contributed by atoms with E-state index in [9.17, 15) is 9.59 Å². The lowest BCUT2D eigenvalue weighted by Gasteiger charge is -2.34. The van der Waals surface area contributed by atoms with Crippen LogP contribution in [0.25, 0.3) is 0 Å². The monoisotopic (exact) mass is 353 g/mol. The van der Waals surface area contributed by atoms with Gasteiger partial charge in [0.25, 0.3) is 5.91 Å². The molecular weight excluding hydrogens is 334 g/mol. The molecule has 130 valence electrons. The quantitative estimate of drug-likeness (QED) is 0.816. The van der Waals surface area contributed by atoms with Crippen molar-refractivity contribution in [2.24, 2.45) is 0 Å². The van der Waals surface area contributed by atoms with Crippen molar-refractivity contribution >= 4 is 23.4 Å². The van der Waals surface area contributed by atoms with Gasteiger partial charge in [0.15, 0.2) is 0 Å². The van der Waals surface area contributed by atoms with Crippen molar-refractivity contribution in [3.63, 3.8) is 0 Å². The fourth-order valence-corrected chi connectivity index (χ4v) is 3.01. The number of hydrogen-bond acceptors (Lipinski definition) is 5. The summed E-state index contributed by atoms with van der Waals surface area (Å²) < 4.78 is 10.9. The Bertz CT molecular complexity index is 626. The van der Waals surface area contributed by atoms with Gasteiger partial charge in [0.2, 0.25) is 11.8 Å². The zero-order valence-corrected chi connectivity index (χ0v) is 14.3. The van der Waals surface area contributed by atoms with E-state index < -0.39 is 0 Å². The van der Waals surface area contributed by atoms with Gasteiger partial charge in [0, 0.05) is 45.7 Å². The predicted molar refractivity (Wildman–Crippen MR) is 87.3 cm³/mol. The zero-order valence-electron chi connectivity index (χ0n) is 13.5. The molecular formula is C16H20ClN3O4. The largest absolute Gasteiger partial charge is 0.471 e. The van der Waals surface area contributed by atoms with Crippen molar-refractivity contribution < 1.29 is 19.1 Å². The van der Waals surface area contributed by atoms with Crippen LogP contribution in [-0.2, 0) is 9.53 Å². The van der Waals surface area contributed by atoms with Crippen molar-refractivity contribution in [3.05, 3.63) is 22.8 Å². The van der Waals surface area contributed by atoms with Crippen LogP contribution in [0.1, 0.15) is 23.7 Å². The average molecular weight is 354 g/mol. The molecule has 0 spiro atoms. The second-order valence-corrected chi connectivity index (χ2v) is 6.32. The lowest BCUT2D eigenvalue weighted by molar-refractivity contribution is -0.130. The summed E-state index contributed by atoms with van der Waals surface area (Å²) in [6, 6.07) is 1.58. The minimum absolute atomic E-state index is 0.0317. The van der Waals surface area contributed by atoms with Crippen LogP contribution in [0.2, 0.25) is 5.02 Å². The maximum Gasteiger partial charge on any atom is 0.255 e. The summed E-state index contributed by atoms with van der Waals surface area (Å²) in [4.78, 5) is 31.5. The first-order valence-corrected chi connectivity index (χ1v) is 8.37. The molecule has 1 unspecified atom stereocenters. The average Bonchev–Trinajstić information content (AvgIpc) is 3.09. The van der Waals surface area contributed by atoms with Crippen molar-refractivity contribution in [1.82, 2.24) is 14.8 Å². The molecule has 2 amide bonds. The van der Waals surface area contributed by atoms with Gasteiger partial charge < -0.3 is 19.3 Å². The van der Waals surface area contributed by atoms with Crippen LogP contribution in [0, 0.1) is 0 Å². The highest BCUT2D eigenvalue weighted by Crippen LogP contribution is 2.25. The maximum absolute atomic E-state index is 12.5. The van der Waals surface area contributed by atoms with Gasteiger partial charge in [0.1, 0.15) is 11.1 Å². The third kappa shape index (κ3) is 3.79. The molecule has 2 saturated heterocycles. The van der Waals surface area contributed by atoms with Crippen LogP contribution in [-0.4, -0.2) is 72.1 Å². The Kier molecular flexibility index (Phi) is 5.20. The smallest absolute Gasteiger partial charge is 0.255 e. The molecule has 24 heavy (non-hydrogen) atoms. The van der Waals surface area contributed by atoms with E-state index in [4.69, 9.17) is 21.1 Å². The summed E-state index contributed by atoms with van der Waals surface area (Å²) in [6.07, 6.45) is 2.24. The molecule has 7 nitrogen and oxygen atoms in total. The zero-order chi connectivity index (χ0) is 17.1. The highest BCUT2D eigenvalue weighted by atomic mass is 35.5. The molecule has 2 aliphatic rings. The number of halogens is 1. The molecule has 0 radical (unpaired) electrons. The molecule has 0 bridgehead atoms. The molecule has 1 aromatic rings. The van der Waals surface area contributed by atoms with Crippen molar-refractivity contribution in [1.29, 1.82) is 0 Å². The topological polar surface area (TPSA) is 72.0 Å². The summed E-state index contributed by atoms with van der Waals surface area (Å²) in [7, 11) is 0. The number of nitrogens with zero attached hydrogens (tertiary/aromatic N) is 3. The van der Waals surface area contributed by atoms with Gasteiger partial charge >= 0.3 is 0 Å². The van der Waals surface area contributed by atoms with E-state index in [1.165, 1.54) is 13.1 Å². The first-order valence-electron chi connectivity index (χ1n) is 7.99. The summed E-state index contributed by atoms with van der Waals surface area (Å²) >= 11 is 6.20. The number of carbonyl (C=O) groups is 2. The van der Waals surface area contributed by atoms with E-state index >= 15 is 0 Å². The highest BCUT2D eigenvalue weighted by Gasteiger charge is 2.25. The molecule has 2 fully saturated rings. The minimum atomic E-state index is -0.136. The standard InChI is InChI=1S/C16H20ClN3O4/c1-11(21)19-3-5-20(6-4-19)16(22)12-8-14(17)15(18-9-12)24-13-2-7-23-10-13/h8-9,13H,2-7,10H2,1H3. The Hall–Kier alpha value is -1.86. The number of hydrogen-bond donors (Lipinski definition) is 0. The highest BCUT2D eigenvalue weighted by molar-refractivity contribution is 6.32. The fourth-order valence-electron chi connectivity index (χ4n) is 2.80. The van der Waals surface area contributed by atoms with Gasteiger partial charge in [-0.15, -0.1) is 0 Å². The van der Waals surface area contributed by atoms with E-state index in [2.05, 4.69) is 4.98 Å². The third-order valence-corrected chi connectivity index (χ3v) is 4.50. The molecule has 1 aromatic heterocycles. The fraction of sp³-hybridized carbons (Fsp3) is 0.562. The molecule has 0 N–H and O–H groups in total. The van der Waals surface area contributed by atoms with E-state index in [-0.39, 0.29) is 17.9 Å². The number of ether oxygens (including phenoxy) is 2. The number of aromatic nitrogens is 1. The number of piperazine rings is 1. The first kappa shape index (κ1) is 17.0. The summed E-state index contributed by atoms with van der Waals surface area (Å²) in [5.41, 5.74) is 0.422. The van der Waals surface area contributed by atoms with Crippen molar-refractivity contribution in [2.45, 2.75) is 19.4 Å². The van der Waals surface area contributed by atoms with E-state index in [1.807, 2.05) is 0 Å². The lowest BCUT2D eigenvalue weighted by Crippen LogP contribution is -2.50. The van der Waals surface area contributed by atoms with Crippen molar-refractivity contribution in [2.75, 3.05) is 39.4 Å². The van der Waals surface area contributed by atoms with Gasteiger partial charge in [0.05, 0.1) is 18.8 Å². The predicted octanol–water partition coefficient (Wildman–Crippen LogP) is 1.21. The summed E-state index contributed by atoms with van der Waals surface area (Å²) in [6.45, 7) is 4.84. The van der Waals surface area contributed by atoms with Crippen LogP contribution in [0.4, 0.5) is 0 Å². The Balaban J connectivity index is 1.63. The van der Waals surface area contributed by atoms with E-state index in [1.54, 1.807) is 15.9 Å². The molecule has 0 aliphatic carbocycles. The number of pyridine rings is 1. The molecule has 3 rings (SSSR count). The second-order valence-electron chi connectivity index (χ2n) is 5.91. The Morgan fingerprint density at radius 3 is 2.58 bits per heavy atom. The molecule has 2 aliphatic heterocycles. The van der Waals surface area contributed by atoms with Crippen LogP contribution in [0.3, 0.4) is 0 Å². The van der Waals surface area contributed by atoms with Crippen LogP contribution < -0.4 is 4.74 Å². The van der Waals surface area contributed by atoms with Gasteiger partial charge in [-0.25, -0.2) is 4.98 Å². The molecule has 8 heteroatoms. The Morgan fingerprint density at radius 1 is 1.29 bits per heavy atom. The molecule has 3 heterocycles. The third-order valence-electron chi connectivity index (χ3n) is 4.23. The SMILES string of the molecule is CC(=O)N1CCN(C(=O)c2cnc(OC3CCOC3)c(Cl)c2)CC1. The normalized spacial score (nSPS) is 21.0. The molecule has 0 saturated carbocycles. The van der Waals surface area contributed by atoms with Gasteiger partial charge in [-0.05, 0) is 6.07 Å². The second kappa shape index (κ2) is 7.36. The molecule has 0 aromatic carbocycles. The Morgan fingerprint density at radius 2 is 2.00 bits per heavy atom. The molecule has 1 atom stereocenters.